The molecule has 4 rings (SSSR count). The molecule has 6 nitrogen and oxygen atoms in total. The first-order valence-corrected chi connectivity index (χ1v) is 8.60. The molecule has 0 bridgehead atoms. The van der Waals surface area contributed by atoms with Crippen molar-refractivity contribution in [1.29, 1.82) is 0 Å². The average Bonchev–Trinajstić information content (AvgIpc) is 2.61. The minimum atomic E-state index is -0.400. The van der Waals surface area contributed by atoms with Crippen LogP contribution in [0.4, 0.5) is 0 Å². The van der Waals surface area contributed by atoms with Crippen LogP contribution in [0, 0.1) is 6.92 Å². The van der Waals surface area contributed by atoms with E-state index in [0.29, 0.717) is 30.9 Å². The van der Waals surface area contributed by atoms with Crippen molar-refractivity contribution < 1.29 is 4.79 Å². The van der Waals surface area contributed by atoms with Crippen molar-refractivity contribution in [2.24, 2.45) is 5.73 Å². The Morgan fingerprint density at radius 1 is 1.23 bits per heavy atom. The third-order valence-corrected chi connectivity index (χ3v) is 4.90. The molecule has 132 valence electrons. The number of nitrogens with zero attached hydrogens (tertiary/aromatic N) is 3. The van der Waals surface area contributed by atoms with Gasteiger partial charge >= 0.3 is 0 Å². The molecule has 1 aliphatic rings. The lowest BCUT2D eigenvalue weighted by atomic mass is 9.93. The van der Waals surface area contributed by atoms with Crippen LogP contribution in [0.15, 0.2) is 53.5 Å². The lowest BCUT2D eigenvalue weighted by molar-refractivity contribution is -0.124. The number of rotatable bonds is 3. The third-order valence-electron chi connectivity index (χ3n) is 4.90. The first kappa shape index (κ1) is 16.5. The normalized spacial score (nSPS) is 17.2. The summed E-state index contributed by atoms with van der Waals surface area (Å²) in [6, 6.07) is 12.9. The molecule has 3 aromatic rings. The maximum Gasteiger partial charge on any atom is 0.258 e. The maximum atomic E-state index is 12.4. The van der Waals surface area contributed by atoms with Crippen molar-refractivity contribution in [3.05, 3.63) is 81.4 Å². The number of amides is 1. The van der Waals surface area contributed by atoms with E-state index in [1.807, 2.05) is 42.2 Å². The third kappa shape index (κ3) is 2.99. The molecule has 1 amide bonds. The van der Waals surface area contributed by atoms with E-state index in [1.54, 1.807) is 6.20 Å². The number of aromatic nitrogens is 2. The standard InChI is InChI=1S/C20H20N4O2/c1-13-6-7-18-22-16(9-19(25)24(18)10-13)12-23-11-15-5-3-2-4-14(15)8-17(23)20(21)26/h2-7,9-10,17H,8,11-12H2,1H3,(H2,21,26)/t17-/m0/s1. The molecule has 0 fully saturated rings. The number of hydrogen-bond acceptors (Lipinski definition) is 4. The van der Waals surface area contributed by atoms with Crippen LogP contribution in [-0.4, -0.2) is 26.2 Å². The number of hydrogen-bond donors (Lipinski definition) is 1. The molecule has 1 atom stereocenters. The highest BCUT2D eigenvalue weighted by molar-refractivity contribution is 5.80. The molecule has 1 aliphatic heterocycles. The zero-order valence-electron chi connectivity index (χ0n) is 14.6. The van der Waals surface area contributed by atoms with Gasteiger partial charge in [0.15, 0.2) is 0 Å². The predicted molar refractivity (Wildman–Crippen MR) is 98.6 cm³/mol. The topological polar surface area (TPSA) is 80.7 Å². The van der Waals surface area contributed by atoms with Gasteiger partial charge in [0.1, 0.15) is 5.65 Å². The zero-order valence-corrected chi connectivity index (χ0v) is 14.6. The second-order valence-corrected chi connectivity index (χ2v) is 6.82. The van der Waals surface area contributed by atoms with Crippen LogP contribution in [0.3, 0.4) is 0 Å². The van der Waals surface area contributed by atoms with Gasteiger partial charge in [0.2, 0.25) is 5.91 Å². The van der Waals surface area contributed by atoms with Crippen LogP contribution in [0.5, 0.6) is 0 Å². The monoisotopic (exact) mass is 348 g/mol. The molecule has 0 saturated heterocycles. The van der Waals surface area contributed by atoms with E-state index in [-0.39, 0.29) is 11.5 Å². The van der Waals surface area contributed by atoms with Gasteiger partial charge in [-0.3, -0.25) is 18.9 Å². The average molecular weight is 348 g/mol. The van der Waals surface area contributed by atoms with Gasteiger partial charge in [0.25, 0.3) is 5.56 Å². The number of fused-ring (bicyclic) bond motifs is 2. The number of nitrogens with two attached hydrogens (primary N) is 1. The lowest BCUT2D eigenvalue weighted by Crippen LogP contribution is -2.48. The largest absolute Gasteiger partial charge is 0.368 e. The molecule has 26 heavy (non-hydrogen) atoms. The second kappa shape index (κ2) is 6.38. The molecule has 0 unspecified atom stereocenters. The molecule has 0 radical (unpaired) electrons. The van der Waals surface area contributed by atoms with Crippen LogP contribution >= 0.6 is 0 Å². The summed E-state index contributed by atoms with van der Waals surface area (Å²) in [4.78, 5) is 31.0. The van der Waals surface area contributed by atoms with E-state index in [2.05, 4.69) is 11.1 Å². The smallest absolute Gasteiger partial charge is 0.258 e. The quantitative estimate of drug-likeness (QED) is 0.776. The SMILES string of the molecule is Cc1ccc2nc(CN3Cc4ccccc4C[C@H]3C(N)=O)cc(=O)n2c1. The number of primary amides is 1. The van der Waals surface area contributed by atoms with Crippen molar-refractivity contribution in [2.75, 3.05) is 0 Å². The summed E-state index contributed by atoms with van der Waals surface area (Å²) in [6.45, 7) is 2.95. The minimum Gasteiger partial charge on any atom is -0.368 e. The Kier molecular flexibility index (Phi) is 4.05. The van der Waals surface area contributed by atoms with Gasteiger partial charge in [-0.2, -0.15) is 0 Å². The van der Waals surface area contributed by atoms with Gasteiger partial charge in [-0.25, -0.2) is 4.98 Å². The van der Waals surface area contributed by atoms with Crippen LogP contribution < -0.4 is 11.3 Å². The van der Waals surface area contributed by atoms with Gasteiger partial charge in [-0.1, -0.05) is 30.3 Å². The summed E-state index contributed by atoms with van der Waals surface area (Å²) in [6.07, 6.45) is 2.36. The van der Waals surface area contributed by atoms with Crippen LogP contribution in [0.2, 0.25) is 0 Å². The molecule has 0 spiro atoms. The Labute approximate surface area is 150 Å². The summed E-state index contributed by atoms with van der Waals surface area (Å²) in [7, 11) is 0. The summed E-state index contributed by atoms with van der Waals surface area (Å²) >= 11 is 0. The van der Waals surface area contributed by atoms with Crippen molar-refractivity contribution in [3.8, 4) is 0 Å². The molecule has 2 N–H and O–H groups in total. The fraction of sp³-hybridized carbons (Fsp3) is 0.250. The van der Waals surface area contributed by atoms with Gasteiger partial charge < -0.3 is 5.73 Å². The Bertz CT molecular complexity index is 1060. The molecule has 1 aromatic carbocycles. The molecular weight excluding hydrogens is 328 g/mol. The summed E-state index contributed by atoms with van der Waals surface area (Å²) < 4.78 is 1.54. The molecule has 6 heteroatoms. The highest BCUT2D eigenvalue weighted by atomic mass is 16.1. The molecular formula is C20H20N4O2. The van der Waals surface area contributed by atoms with E-state index in [4.69, 9.17) is 5.73 Å². The van der Waals surface area contributed by atoms with Crippen molar-refractivity contribution in [2.45, 2.75) is 32.5 Å². The van der Waals surface area contributed by atoms with Crippen LogP contribution in [0.1, 0.15) is 22.4 Å². The first-order chi connectivity index (χ1) is 12.5. The number of benzene rings is 1. The Morgan fingerprint density at radius 2 is 2.00 bits per heavy atom. The van der Waals surface area contributed by atoms with E-state index in [9.17, 15) is 9.59 Å². The minimum absolute atomic E-state index is 0.123. The van der Waals surface area contributed by atoms with Gasteiger partial charge in [0.05, 0.1) is 11.7 Å². The van der Waals surface area contributed by atoms with E-state index in [1.165, 1.54) is 16.0 Å². The number of carbonyl (C=O) groups excluding carboxylic acids is 1. The molecule has 0 saturated carbocycles. The fourth-order valence-electron chi connectivity index (χ4n) is 3.57. The summed E-state index contributed by atoms with van der Waals surface area (Å²) in [5.74, 6) is -0.354. The highest BCUT2D eigenvalue weighted by Gasteiger charge is 2.30. The number of aryl methyl sites for hydroxylation is 1. The maximum absolute atomic E-state index is 12.4. The van der Waals surface area contributed by atoms with E-state index < -0.39 is 6.04 Å². The molecule has 2 aromatic heterocycles. The Hall–Kier alpha value is -2.99. The fourth-order valence-corrected chi connectivity index (χ4v) is 3.57. The highest BCUT2D eigenvalue weighted by Crippen LogP contribution is 2.24. The molecule has 0 aliphatic carbocycles. The van der Waals surface area contributed by atoms with Crippen molar-refractivity contribution >= 4 is 11.6 Å². The van der Waals surface area contributed by atoms with Crippen LogP contribution in [-0.2, 0) is 24.3 Å². The van der Waals surface area contributed by atoms with Crippen LogP contribution in [0.25, 0.3) is 5.65 Å². The first-order valence-electron chi connectivity index (χ1n) is 8.60. The predicted octanol–water partition coefficient (Wildman–Crippen LogP) is 1.42. The lowest BCUT2D eigenvalue weighted by Gasteiger charge is -2.34. The van der Waals surface area contributed by atoms with Crippen molar-refractivity contribution in [3.63, 3.8) is 0 Å². The number of pyridine rings is 1. The second-order valence-electron chi connectivity index (χ2n) is 6.82. The Morgan fingerprint density at radius 3 is 2.77 bits per heavy atom. The van der Waals surface area contributed by atoms with Crippen molar-refractivity contribution in [1.82, 2.24) is 14.3 Å². The molecule has 3 heterocycles. The summed E-state index contributed by atoms with van der Waals surface area (Å²) in [5.41, 5.74) is 10.1. The van der Waals surface area contributed by atoms with Gasteiger partial charge in [-0.05, 0) is 36.1 Å². The summed E-state index contributed by atoms with van der Waals surface area (Å²) in [5, 5.41) is 0. The Balaban J connectivity index is 1.69. The van der Waals surface area contributed by atoms with Gasteiger partial charge in [-0.15, -0.1) is 0 Å². The van der Waals surface area contributed by atoms with Gasteiger partial charge in [0, 0.05) is 25.4 Å². The van der Waals surface area contributed by atoms with E-state index >= 15 is 0 Å². The number of carbonyl (C=O) groups is 1. The zero-order chi connectivity index (χ0) is 18.3. The van der Waals surface area contributed by atoms with E-state index in [0.717, 1.165) is 11.1 Å².